The van der Waals surface area contributed by atoms with Crippen LogP contribution in [0.15, 0.2) is 24.3 Å². The van der Waals surface area contributed by atoms with Gasteiger partial charge >= 0.3 is 6.03 Å². The fourth-order valence-corrected chi connectivity index (χ4v) is 1.86. The van der Waals surface area contributed by atoms with Gasteiger partial charge in [-0.2, -0.15) is 4.80 Å². The molecule has 116 valence electrons. The molecular formula is C13H15ClN6O2. The lowest BCUT2D eigenvalue weighted by atomic mass is 10.2. The van der Waals surface area contributed by atoms with Gasteiger partial charge < -0.3 is 5.32 Å². The van der Waals surface area contributed by atoms with E-state index >= 15 is 0 Å². The van der Waals surface area contributed by atoms with E-state index in [1.807, 2.05) is 6.92 Å². The second-order valence-corrected chi connectivity index (χ2v) is 4.83. The van der Waals surface area contributed by atoms with Crippen LogP contribution in [0.25, 0.3) is 11.4 Å². The number of benzene rings is 1. The van der Waals surface area contributed by atoms with Crippen molar-refractivity contribution in [3.05, 3.63) is 29.3 Å². The van der Waals surface area contributed by atoms with Crippen LogP contribution in [-0.4, -0.2) is 38.7 Å². The van der Waals surface area contributed by atoms with Crippen LogP contribution in [-0.2, 0) is 11.3 Å². The average Bonchev–Trinajstić information content (AvgIpc) is 2.93. The van der Waals surface area contributed by atoms with Gasteiger partial charge in [-0.25, -0.2) is 4.79 Å². The van der Waals surface area contributed by atoms with E-state index < -0.39 is 11.9 Å². The summed E-state index contributed by atoms with van der Waals surface area (Å²) in [6.07, 6.45) is 0.785. The van der Waals surface area contributed by atoms with Gasteiger partial charge in [0.2, 0.25) is 5.82 Å². The molecule has 0 bridgehead atoms. The first-order chi connectivity index (χ1) is 10.6. The third-order valence-corrected chi connectivity index (χ3v) is 2.97. The number of aromatic nitrogens is 4. The van der Waals surface area contributed by atoms with Crippen molar-refractivity contribution >= 4 is 23.5 Å². The molecule has 0 spiro atoms. The maximum Gasteiger partial charge on any atom is 0.321 e. The van der Waals surface area contributed by atoms with Crippen LogP contribution in [0.5, 0.6) is 0 Å². The molecule has 0 saturated heterocycles. The molecule has 0 aliphatic rings. The topological polar surface area (TPSA) is 102 Å². The molecule has 22 heavy (non-hydrogen) atoms. The van der Waals surface area contributed by atoms with E-state index in [2.05, 4.69) is 26.0 Å². The number of hydrogen-bond acceptors (Lipinski definition) is 5. The Morgan fingerprint density at radius 2 is 2.09 bits per heavy atom. The predicted octanol–water partition coefficient (Wildman–Crippen LogP) is 1.23. The summed E-state index contributed by atoms with van der Waals surface area (Å²) in [5.41, 5.74) is 0.622. The molecule has 0 atom stereocenters. The Hall–Kier alpha value is -2.48. The lowest BCUT2D eigenvalue weighted by Gasteiger charge is -2.04. The molecule has 1 aromatic heterocycles. The van der Waals surface area contributed by atoms with E-state index in [1.165, 1.54) is 0 Å². The lowest BCUT2D eigenvalue weighted by Crippen LogP contribution is -2.41. The monoisotopic (exact) mass is 322 g/mol. The zero-order valence-electron chi connectivity index (χ0n) is 11.9. The van der Waals surface area contributed by atoms with Crippen LogP contribution in [0.4, 0.5) is 4.79 Å². The molecule has 2 aromatic rings. The summed E-state index contributed by atoms with van der Waals surface area (Å²) in [4.78, 5) is 24.1. The number of amides is 3. The van der Waals surface area contributed by atoms with Crippen LogP contribution in [0.2, 0.25) is 5.02 Å². The molecule has 1 heterocycles. The Balaban J connectivity index is 1.96. The third-order valence-electron chi connectivity index (χ3n) is 2.64. The van der Waals surface area contributed by atoms with Crippen molar-refractivity contribution < 1.29 is 9.59 Å². The molecule has 0 saturated carbocycles. The minimum Gasteiger partial charge on any atom is -0.338 e. The van der Waals surface area contributed by atoms with Gasteiger partial charge in [-0.05, 0) is 23.8 Å². The number of tetrazole rings is 1. The first kappa shape index (κ1) is 15.9. The van der Waals surface area contributed by atoms with Crippen molar-refractivity contribution in [1.29, 1.82) is 0 Å². The third kappa shape index (κ3) is 4.26. The minimum atomic E-state index is -0.543. The normalized spacial score (nSPS) is 10.3. The summed E-state index contributed by atoms with van der Waals surface area (Å²) < 4.78 is 0. The van der Waals surface area contributed by atoms with Crippen LogP contribution in [0.1, 0.15) is 13.3 Å². The number of carbonyl (C=O) groups excluding carboxylic acids is 2. The van der Waals surface area contributed by atoms with Crippen LogP contribution >= 0.6 is 11.6 Å². The number of hydrogen-bond donors (Lipinski definition) is 2. The lowest BCUT2D eigenvalue weighted by molar-refractivity contribution is -0.121. The Kier molecular flexibility index (Phi) is 5.42. The maximum atomic E-state index is 11.7. The van der Waals surface area contributed by atoms with Crippen molar-refractivity contribution in [2.75, 3.05) is 6.54 Å². The van der Waals surface area contributed by atoms with Gasteiger partial charge in [0.15, 0.2) is 0 Å². The van der Waals surface area contributed by atoms with Crippen LogP contribution in [0, 0.1) is 0 Å². The number of imide groups is 1. The zero-order chi connectivity index (χ0) is 15.9. The molecular weight excluding hydrogens is 308 g/mol. The highest BCUT2D eigenvalue weighted by Crippen LogP contribution is 2.23. The quantitative estimate of drug-likeness (QED) is 0.862. The highest BCUT2D eigenvalue weighted by Gasteiger charge is 2.12. The van der Waals surface area contributed by atoms with E-state index in [0.717, 1.165) is 11.2 Å². The molecule has 8 nitrogen and oxygen atoms in total. The molecule has 2 rings (SSSR count). The number of nitrogens with zero attached hydrogens (tertiary/aromatic N) is 4. The highest BCUT2D eigenvalue weighted by atomic mass is 35.5. The van der Waals surface area contributed by atoms with Gasteiger partial charge in [0.05, 0.1) is 5.02 Å². The second-order valence-electron chi connectivity index (χ2n) is 4.43. The molecule has 0 aliphatic heterocycles. The average molecular weight is 323 g/mol. The number of carbonyl (C=O) groups is 2. The van der Waals surface area contributed by atoms with Gasteiger partial charge in [0.25, 0.3) is 5.91 Å². The SMILES string of the molecule is CCCNC(=O)NC(=O)Cn1nnc(-c2ccccc2Cl)n1. The first-order valence-corrected chi connectivity index (χ1v) is 7.08. The molecule has 0 fully saturated rings. The number of halogens is 1. The fourth-order valence-electron chi connectivity index (χ4n) is 1.64. The van der Waals surface area contributed by atoms with E-state index in [-0.39, 0.29) is 6.54 Å². The number of urea groups is 1. The van der Waals surface area contributed by atoms with Crippen molar-refractivity contribution in [3.63, 3.8) is 0 Å². The molecule has 0 aliphatic carbocycles. The van der Waals surface area contributed by atoms with Crippen LogP contribution in [0.3, 0.4) is 0 Å². The summed E-state index contributed by atoms with van der Waals surface area (Å²) in [6, 6.07) is 6.51. The molecule has 0 unspecified atom stereocenters. The molecule has 3 amide bonds. The summed E-state index contributed by atoms with van der Waals surface area (Å²) in [5, 5.41) is 16.9. The van der Waals surface area contributed by atoms with E-state index in [1.54, 1.807) is 24.3 Å². The van der Waals surface area contributed by atoms with Crippen molar-refractivity contribution in [3.8, 4) is 11.4 Å². The number of nitrogens with one attached hydrogen (secondary N) is 2. The molecule has 2 N–H and O–H groups in total. The highest BCUT2D eigenvalue weighted by molar-refractivity contribution is 6.33. The van der Waals surface area contributed by atoms with E-state index in [0.29, 0.717) is 23.0 Å². The van der Waals surface area contributed by atoms with Gasteiger partial charge in [-0.3, -0.25) is 10.1 Å². The smallest absolute Gasteiger partial charge is 0.321 e. The van der Waals surface area contributed by atoms with E-state index in [9.17, 15) is 9.59 Å². The van der Waals surface area contributed by atoms with Gasteiger partial charge in [0, 0.05) is 12.1 Å². The Labute approximate surface area is 131 Å². The van der Waals surface area contributed by atoms with E-state index in [4.69, 9.17) is 11.6 Å². The van der Waals surface area contributed by atoms with Crippen molar-refractivity contribution in [1.82, 2.24) is 30.8 Å². The first-order valence-electron chi connectivity index (χ1n) is 6.70. The largest absolute Gasteiger partial charge is 0.338 e. The van der Waals surface area contributed by atoms with Crippen molar-refractivity contribution in [2.45, 2.75) is 19.9 Å². The van der Waals surface area contributed by atoms with Gasteiger partial charge in [-0.1, -0.05) is 30.7 Å². The Bertz CT molecular complexity index is 672. The summed E-state index contributed by atoms with van der Waals surface area (Å²) >= 11 is 6.04. The van der Waals surface area contributed by atoms with Gasteiger partial charge in [0.1, 0.15) is 6.54 Å². The van der Waals surface area contributed by atoms with Crippen LogP contribution < -0.4 is 10.6 Å². The zero-order valence-corrected chi connectivity index (χ0v) is 12.7. The molecule has 0 radical (unpaired) electrons. The minimum absolute atomic E-state index is 0.211. The van der Waals surface area contributed by atoms with Crippen molar-refractivity contribution in [2.24, 2.45) is 0 Å². The standard InChI is InChI=1S/C13H15ClN6O2/c1-2-7-15-13(22)16-11(21)8-20-18-12(17-19-20)9-5-3-4-6-10(9)14/h3-6H,2,7-8H2,1H3,(H2,15,16,21,22). The molecule has 1 aromatic carbocycles. The Morgan fingerprint density at radius 1 is 1.32 bits per heavy atom. The molecule has 9 heteroatoms. The predicted molar refractivity (Wildman–Crippen MR) is 80.1 cm³/mol. The number of rotatable bonds is 5. The second kappa shape index (κ2) is 7.51. The summed E-state index contributed by atoms with van der Waals surface area (Å²) in [6.45, 7) is 2.20. The fraction of sp³-hybridized carbons (Fsp3) is 0.308. The van der Waals surface area contributed by atoms with Gasteiger partial charge in [-0.15, -0.1) is 10.2 Å². The summed E-state index contributed by atoms with van der Waals surface area (Å²) in [5.74, 6) is -0.217. The summed E-state index contributed by atoms with van der Waals surface area (Å²) in [7, 11) is 0. The maximum absolute atomic E-state index is 11.7. The Morgan fingerprint density at radius 3 is 2.82 bits per heavy atom.